The van der Waals surface area contributed by atoms with Crippen LogP contribution in [0.3, 0.4) is 0 Å². The molecule has 7 nitrogen and oxygen atoms in total. The predicted octanol–water partition coefficient (Wildman–Crippen LogP) is -0.0578. The van der Waals surface area contributed by atoms with E-state index in [9.17, 15) is 4.79 Å². The Morgan fingerprint density at radius 3 is 3.00 bits per heavy atom. The standard InChI is InChI=1S/C9H8N6O/c16-9-5(1-2-10-15-9)8-13-6-3-11-12-4-7(6)14-8/h2-5H,1H2,(H,13,14)(H,15,16). The maximum atomic E-state index is 11.6. The number of amides is 1. The first-order chi connectivity index (χ1) is 7.84. The van der Waals surface area contributed by atoms with Gasteiger partial charge in [0.1, 0.15) is 17.3 Å². The van der Waals surface area contributed by atoms with Crippen LogP contribution in [0.25, 0.3) is 11.0 Å². The maximum absolute atomic E-state index is 11.6. The van der Waals surface area contributed by atoms with Crippen molar-refractivity contribution in [3.8, 4) is 0 Å². The van der Waals surface area contributed by atoms with Gasteiger partial charge < -0.3 is 4.98 Å². The zero-order chi connectivity index (χ0) is 11.0. The Kier molecular flexibility index (Phi) is 1.89. The van der Waals surface area contributed by atoms with E-state index in [1.165, 1.54) is 0 Å². The molecule has 1 aliphatic rings. The molecule has 80 valence electrons. The fourth-order valence-electron chi connectivity index (χ4n) is 1.65. The number of imidazole rings is 1. The van der Waals surface area contributed by atoms with Crippen LogP contribution >= 0.6 is 0 Å². The minimum Gasteiger partial charge on any atom is -0.340 e. The molecule has 2 N–H and O–H groups in total. The monoisotopic (exact) mass is 216 g/mol. The molecule has 16 heavy (non-hydrogen) atoms. The van der Waals surface area contributed by atoms with Crippen LogP contribution in [0.4, 0.5) is 0 Å². The van der Waals surface area contributed by atoms with Gasteiger partial charge in [0.2, 0.25) is 0 Å². The number of nitrogens with zero attached hydrogens (tertiary/aromatic N) is 4. The molecule has 0 fully saturated rings. The highest BCUT2D eigenvalue weighted by molar-refractivity contribution is 5.89. The number of H-pyrrole nitrogens is 1. The summed E-state index contributed by atoms with van der Waals surface area (Å²) in [6, 6.07) is 0. The number of nitrogens with one attached hydrogen (secondary N) is 2. The van der Waals surface area contributed by atoms with Crippen LogP contribution in [-0.2, 0) is 4.79 Å². The van der Waals surface area contributed by atoms with Crippen LogP contribution in [0.15, 0.2) is 17.5 Å². The SMILES string of the molecule is O=C1NN=CCC1c1nc2cnncc2[nH]1. The summed E-state index contributed by atoms with van der Waals surface area (Å²) >= 11 is 0. The van der Waals surface area contributed by atoms with Crippen LogP contribution in [0.2, 0.25) is 0 Å². The number of rotatable bonds is 1. The quantitative estimate of drug-likeness (QED) is 0.698. The largest absolute Gasteiger partial charge is 0.340 e. The predicted molar refractivity (Wildman–Crippen MR) is 55.7 cm³/mol. The highest BCUT2D eigenvalue weighted by Crippen LogP contribution is 2.20. The molecule has 0 radical (unpaired) electrons. The van der Waals surface area contributed by atoms with Crippen molar-refractivity contribution < 1.29 is 4.79 Å². The fourth-order valence-corrected chi connectivity index (χ4v) is 1.65. The van der Waals surface area contributed by atoms with Crippen molar-refractivity contribution in [3.63, 3.8) is 0 Å². The molecule has 2 aromatic heterocycles. The molecule has 7 heteroatoms. The van der Waals surface area contributed by atoms with E-state index in [1.54, 1.807) is 18.6 Å². The van der Waals surface area contributed by atoms with Crippen LogP contribution < -0.4 is 5.43 Å². The van der Waals surface area contributed by atoms with Crippen LogP contribution in [0, 0.1) is 0 Å². The summed E-state index contributed by atoms with van der Waals surface area (Å²) in [7, 11) is 0. The van der Waals surface area contributed by atoms with Crippen molar-refractivity contribution >= 4 is 23.2 Å². The summed E-state index contributed by atoms with van der Waals surface area (Å²) in [5, 5.41) is 11.2. The van der Waals surface area contributed by atoms with Gasteiger partial charge in [-0.1, -0.05) is 0 Å². The number of carbonyl (C=O) groups is 1. The number of hydrazone groups is 1. The number of hydrogen-bond acceptors (Lipinski definition) is 5. The molecule has 3 rings (SSSR count). The molecular formula is C9H8N6O. The number of fused-ring (bicyclic) bond motifs is 1. The summed E-state index contributed by atoms with van der Waals surface area (Å²) in [5.41, 5.74) is 3.90. The van der Waals surface area contributed by atoms with Crippen LogP contribution in [0.5, 0.6) is 0 Å². The van der Waals surface area contributed by atoms with Gasteiger partial charge in [-0.2, -0.15) is 15.3 Å². The van der Waals surface area contributed by atoms with Crippen molar-refractivity contribution in [1.29, 1.82) is 0 Å². The summed E-state index contributed by atoms with van der Waals surface area (Å²) < 4.78 is 0. The third-order valence-corrected chi connectivity index (χ3v) is 2.47. The average Bonchev–Trinajstić information content (AvgIpc) is 2.73. The molecule has 0 saturated heterocycles. The van der Waals surface area contributed by atoms with Gasteiger partial charge in [-0.3, -0.25) is 4.79 Å². The minimum absolute atomic E-state index is 0.150. The van der Waals surface area contributed by atoms with E-state index in [0.29, 0.717) is 17.8 Å². The van der Waals surface area contributed by atoms with E-state index >= 15 is 0 Å². The van der Waals surface area contributed by atoms with Gasteiger partial charge in [0, 0.05) is 12.6 Å². The molecule has 1 atom stereocenters. The first-order valence-corrected chi connectivity index (χ1v) is 4.82. The first kappa shape index (κ1) is 8.96. The van der Waals surface area contributed by atoms with Crippen LogP contribution in [-0.4, -0.2) is 32.3 Å². The van der Waals surface area contributed by atoms with Gasteiger partial charge in [0.05, 0.1) is 17.9 Å². The van der Waals surface area contributed by atoms with E-state index in [0.717, 1.165) is 5.52 Å². The Balaban J connectivity index is 2.05. The van der Waals surface area contributed by atoms with Gasteiger partial charge in [0.15, 0.2) is 0 Å². The second-order valence-corrected chi connectivity index (χ2v) is 3.49. The lowest BCUT2D eigenvalue weighted by atomic mass is 10.0. The third-order valence-electron chi connectivity index (χ3n) is 2.47. The second kappa shape index (κ2) is 3.37. The molecule has 1 aliphatic heterocycles. The Morgan fingerprint density at radius 1 is 1.31 bits per heavy atom. The van der Waals surface area contributed by atoms with Gasteiger partial charge in [-0.25, -0.2) is 10.4 Å². The number of hydrogen-bond donors (Lipinski definition) is 2. The normalized spacial score (nSPS) is 20.0. The van der Waals surface area contributed by atoms with Crippen molar-refractivity contribution in [2.75, 3.05) is 0 Å². The lowest BCUT2D eigenvalue weighted by Gasteiger charge is -2.13. The van der Waals surface area contributed by atoms with E-state index in [4.69, 9.17) is 0 Å². The Bertz CT molecular complexity index is 541. The van der Waals surface area contributed by atoms with Crippen molar-refractivity contribution in [2.24, 2.45) is 5.10 Å². The second-order valence-electron chi connectivity index (χ2n) is 3.49. The summed E-state index contributed by atoms with van der Waals surface area (Å²) in [4.78, 5) is 18.9. The lowest BCUT2D eigenvalue weighted by Crippen LogP contribution is -2.30. The maximum Gasteiger partial charge on any atom is 0.251 e. The molecule has 0 bridgehead atoms. The summed E-state index contributed by atoms with van der Waals surface area (Å²) in [5.74, 6) is 0.154. The van der Waals surface area contributed by atoms with Crippen molar-refractivity contribution in [3.05, 3.63) is 18.2 Å². The highest BCUT2D eigenvalue weighted by atomic mass is 16.2. The summed E-state index contributed by atoms with van der Waals surface area (Å²) in [6.07, 6.45) is 5.35. The van der Waals surface area contributed by atoms with Gasteiger partial charge in [0.25, 0.3) is 5.91 Å². The highest BCUT2D eigenvalue weighted by Gasteiger charge is 2.25. The fraction of sp³-hybridized carbons (Fsp3) is 0.222. The third kappa shape index (κ3) is 1.33. The molecule has 3 heterocycles. The zero-order valence-electron chi connectivity index (χ0n) is 8.21. The molecular weight excluding hydrogens is 208 g/mol. The zero-order valence-corrected chi connectivity index (χ0v) is 8.21. The smallest absolute Gasteiger partial charge is 0.251 e. The van der Waals surface area contributed by atoms with Crippen LogP contribution in [0.1, 0.15) is 18.2 Å². The Hall–Kier alpha value is -2.31. The molecule has 0 saturated carbocycles. The molecule has 2 aromatic rings. The van der Waals surface area contributed by atoms with E-state index in [1.807, 2.05) is 0 Å². The first-order valence-electron chi connectivity index (χ1n) is 4.82. The molecule has 0 spiro atoms. The number of aromatic amines is 1. The van der Waals surface area contributed by atoms with Gasteiger partial charge >= 0.3 is 0 Å². The van der Waals surface area contributed by atoms with E-state index < -0.39 is 0 Å². The molecule has 0 aliphatic carbocycles. The minimum atomic E-state index is -0.315. The van der Waals surface area contributed by atoms with Crippen molar-refractivity contribution in [1.82, 2.24) is 25.6 Å². The van der Waals surface area contributed by atoms with Gasteiger partial charge in [-0.15, -0.1) is 0 Å². The Labute approximate surface area is 90.0 Å². The number of aromatic nitrogens is 4. The van der Waals surface area contributed by atoms with E-state index in [2.05, 4.69) is 30.7 Å². The summed E-state index contributed by atoms with van der Waals surface area (Å²) in [6.45, 7) is 0. The van der Waals surface area contributed by atoms with Gasteiger partial charge in [-0.05, 0) is 0 Å². The lowest BCUT2D eigenvalue weighted by molar-refractivity contribution is -0.122. The topological polar surface area (TPSA) is 95.9 Å². The van der Waals surface area contributed by atoms with Crippen molar-refractivity contribution in [2.45, 2.75) is 12.3 Å². The molecule has 0 aromatic carbocycles. The molecule has 1 amide bonds. The van der Waals surface area contributed by atoms with E-state index in [-0.39, 0.29) is 11.8 Å². The Morgan fingerprint density at radius 2 is 2.19 bits per heavy atom. The number of carbonyl (C=O) groups excluding carboxylic acids is 1. The average molecular weight is 216 g/mol. The molecule has 1 unspecified atom stereocenters.